The SMILES string of the molecule is N#Cc1nn(-c2cc(Cl)c(Oc3ccc(=O)n(-c4ccccc4)c3)c(Cl)c2)c(=O)[nH]c1=O. The van der Waals surface area contributed by atoms with Gasteiger partial charge in [-0.15, -0.1) is 5.10 Å². The minimum atomic E-state index is -0.903. The average Bonchev–Trinajstić information content (AvgIpc) is 2.78. The molecule has 0 unspecified atom stereocenters. The minimum Gasteiger partial charge on any atom is -0.453 e. The molecule has 4 rings (SSSR count). The van der Waals surface area contributed by atoms with E-state index in [1.807, 2.05) is 11.1 Å². The second kappa shape index (κ2) is 8.55. The van der Waals surface area contributed by atoms with Crippen molar-refractivity contribution >= 4 is 23.2 Å². The lowest BCUT2D eigenvalue weighted by Gasteiger charge is -2.13. The molecule has 0 fully saturated rings. The standard InChI is InChI=1S/C21H11Cl2N5O4/c22-15-8-13(28-21(31)25-20(30)17(10-24)26-28)9-16(23)19(15)32-14-6-7-18(29)27(11-14)12-4-2-1-3-5-12/h1-9,11H,(H,25,30,31). The van der Waals surface area contributed by atoms with Crippen molar-refractivity contribution in [1.29, 1.82) is 5.26 Å². The second-order valence-corrected chi connectivity index (χ2v) is 7.20. The number of para-hydroxylation sites is 1. The van der Waals surface area contributed by atoms with Gasteiger partial charge in [0.05, 0.1) is 21.9 Å². The maximum absolute atomic E-state index is 12.2. The minimum absolute atomic E-state index is 0.0309. The highest BCUT2D eigenvalue weighted by molar-refractivity contribution is 6.37. The first-order chi connectivity index (χ1) is 15.4. The molecule has 0 spiro atoms. The van der Waals surface area contributed by atoms with Crippen LogP contribution in [0.15, 0.2) is 75.2 Å². The number of nitrogens with zero attached hydrogens (tertiary/aromatic N) is 4. The Bertz CT molecular complexity index is 1530. The number of pyridine rings is 1. The van der Waals surface area contributed by atoms with Gasteiger partial charge in [0.1, 0.15) is 11.8 Å². The van der Waals surface area contributed by atoms with Crippen LogP contribution in [0.4, 0.5) is 0 Å². The van der Waals surface area contributed by atoms with Gasteiger partial charge in [-0.25, -0.2) is 4.79 Å². The molecule has 0 atom stereocenters. The largest absolute Gasteiger partial charge is 0.453 e. The zero-order valence-electron chi connectivity index (χ0n) is 16.0. The van der Waals surface area contributed by atoms with E-state index in [1.165, 1.54) is 35.0 Å². The van der Waals surface area contributed by atoms with Crippen LogP contribution in [-0.2, 0) is 0 Å². The van der Waals surface area contributed by atoms with Gasteiger partial charge in [-0.2, -0.15) is 9.94 Å². The fraction of sp³-hybridized carbons (Fsp3) is 0. The van der Waals surface area contributed by atoms with Crippen LogP contribution >= 0.6 is 23.2 Å². The number of benzene rings is 2. The van der Waals surface area contributed by atoms with E-state index in [9.17, 15) is 14.4 Å². The Morgan fingerprint density at radius 1 is 0.969 bits per heavy atom. The average molecular weight is 468 g/mol. The number of halogens is 2. The number of rotatable bonds is 4. The van der Waals surface area contributed by atoms with E-state index in [0.29, 0.717) is 5.69 Å². The third-order valence-electron chi connectivity index (χ3n) is 4.30. The third kappa shape index (κ3) is 4.05. The van der Waals surface area contributed by atoms with E-state index in [1.54, 1.807) is 30.3 Å². The van der Waals surface area contributed by atoms with Gasteiger partial charge in [-0.05, 0) is 30.3 Å². The van der Waals surface area contributed by atoms with Gasteiger partial charge in [0.2, 0.25) is 5.69 Å². The molecule has 0 saturated carbocycles. The Labute approximate surface area is 189 Å². The van der Waals surface area contributed by atoms with Crippen molar-refractivity contribution in [1.82, 2.24) is 19.3 Å². The zero-order chi connectivity index (χ0) is 22.8. The molecule has 11 heteroatoms. The maximum Gasteiger partial charge on any atom is 0.349 e. The highest BCUT2D eigenvalue weighted by Crippen LogP contribution is 2.37. The lowest BCUT2D eigenvalue weighted by molar-refractivity contribution is 0.478. The van der Waals surface area contributed by atoms with Gasteiger partial charge in [-0.1, -0.05) is 41.4 Å². The summed E-state index contributed by atoms with van der Waals surface area (Å²) < 4.78 is 7.99. The van der Waals surface area contributed by atoms with E-state index in [0.717, 1.165) is 4.68 Å². The van der Waals surface area contributed by atoms with Gasteiger partial charge in [-0.3, -0.25) is 19.1 Å². The predicted octanol–water partition coefficient (Wildman–Crippen LogP) is 3.04. The summed E-state index contributed by atoms with van der Waals surface area (Å²) in [4.78, 5) is 37.9. The highest BCUT2D eigenvalue weighted by atomic mass is 35.5. The highest BCUT2D eigenvalue weighted by Gasteiger charge is 2.15. The van der Waals surface area contributed by atoms with Gasteiger partial charge in [0, 0.05) is 11.8 Å². The van der Waals surface area contributed by atoms with Crippen LogP contribution in [0.25, 0.3) is 11.4 Å². The van der Waals surface area contributed by atoms with Crippen LogP contribution in [0.5, 0.6) is 11.5 Å². The van der Waals surface area contributed by atoms with Gasteiger partial charge < -0.3 is 4.74 Å². The molecule has 0 aliphatic rings. The molecular formula is C21H11Cl2N5O4. The predicted molar refractivity (Wildman–Crippen MR) is 117 cm³/mol. The summed E-state index contributed by atoms with van der Waals surface area (Å²) in [6.07, 6.45) is 1.49. The van der Waals surface area contributed by atoms with E-state index >= 15 is 0 Å². The number of ether oxygens (including phenoxy) is 1. The first-order valence-electron chi connectivity index (χ1n) is 8.96. The van der Waals surface area contributed by atoms with Crippen LogP contribution in [0.2, 0.25) is 10.0 Å². The summed E-state index contributed by atoms with van der Waals surface area (Å²) in [5.74, 6) is 0.365. The molecule has 158 valence electrons. The molecule has 0 aliphatic carbocycles. The first-order valence-corrected chi connectivity index (χ1v) is 9.72. The Balaban J connectivity index is 1.74. The van der Waals surface area contributed by atoms with Crippen molar-refractivity contribution in [3.05, 3.63) is 108 Å². The monoisotopic (exact) mass is 467 g/mol. The number of hydrogen-bond donors (Lipinski definition) is 1. The summed E-state index contributed by atoms with van der Waals surface area (Å²) in [7, 11) is 0. The number of aromatic amines is 1. The molecule has 0 amide bonds. The third-order valence-corrected chi connectivity index (χ3v) is 4.86. The molecule has 0 saturated heterocycles. The van der Waals surface area contributed by atoms with Gasteiger partial charge in [0.25, 0.3) is 11.1 Å². The Morgan fingerprint density at radius 3 is 2.31 bits per heavy atom. The Morgan fingerprint density at radius 2 is 1.66 bits per heavy atom. The van der Waals surface area contributed by atoms with E-state index in [4.69, 9.17) is 33.2 Å². The topological polar surface area (TPSA) is 123 Å². The summed E-state index contributed by atoms with van der Waals surface area (Å²) in [5, 5.41) is 12.8. The van der Waals surface area contributed by atoms with Crippen molar-refractivity contribution < 1.29 is 4.74 Å². The van der Waals surface area contributed by atoms with Crippen molar-refractivity contribution in [2.45, 2.75) is 0 Å². The van der Waals surface area contributed by atoms with E-state index < -0.39 is 16.9 Å². The quantitative estimate of drug-likeness (QED) is 0.491. The normalized spacial score (nSPS) is 10.5. The van der Waals surface area contributed by atoms with E-state index in [-0.39, 0.29) is 32.8 Å². The van der Waals surface area contributed by atoms with Crippen LogP contribution in [-0.4, -0.2) is 19.3 Å². The van der Waals surface area contributed by atoms with Crippen LogP contribution in [0.1, 0.15) is 5.69 Å². The molecule has 0 bridgehead atoms. The summed E-state index contributed by atoms with van der Waals surface area (Å²) in [6.45, 7) is 0. The molecule has 0 radical (unpaired) electrons. The van der Waals surface area contributed by atoms with Gasteiger partial charge in [0.15, 0.2) is 5.75 Å². The lowest BCUT2D eigenvalue weighted by Crippen LogP contribution is -2.33. The van der Waals surface area contributed by atoms with E-state index in [2.05, 4.69) is 5.10 Å². The Kier molecular flexibility index (Phi) is 5.64. The molecular weight excluding hydrogens is 457 g/mol. The number of nitriles is 1. The molecule has 2 aromatic heterocycles. The molecule has 2 heterocycles. The molecule has 1 N–H and O–H groups in total. The fourth-order valence-corrected chi connectivity index (χ4v) is 3.40. The first kappa shape index (κ1) is 21.1. The number of aromatic nitrogens is 4. The molecule has 4 aromatic rings. The van der Waals surface area contributed by atoms with Crippen molar-refractivity contribution in [3.63, 3.8) is 0 Å². The summed E-state index contributed by atoms with van der Waals surface area (Å²) >= 11 is 12.6. The van der Waals surface area contributed by atoms with Crippen LogP contribution in [0.3, 0.4) is 0 Å². The van der Waals surface area contributed by atoms with Crippen LogP contribution < -0.4 is 21.5 Å². The Hall–Kier alpha value is -4.13. The maximum atomic E-state index is 12.2. The lowest BCUT2D eigenvalue weighted by atomic mass is 10.3. The molecule has 0 aliphatic heterocycles. The number of nitrogens with one attached hydrogen (secondary N) is 1. The fourth-order valence-electron chi connectivity index (χ4n) is 2.85. The smallest absolute Gasteiger partial charge is 0.349 e. The molecule has 9 nitrogen and oxygen atoms in total. The number of hydrogen-bond acceptors (Lipinski definition) is 6. The zero-order valence-corrected chi connectivity index (χ0v) is 17.5. The second-order valence-electron chi connectivity index (χ2n) is 6.38. The van der Waals surface area contributed by atoms with Crippen LogP contribution in [0, 0.1) is 11.3 Å². The van der Waals surface area contributed by atoms with Crippen molar-refractivity contribution in [2.75, 3.05) is 0 Å². The summed E-state index contributed by atoms with van der Waals surface area (Å²) in [6, 6.07) is 16.0. The van der Waals surface area contributed by atoms with Crippen molar-refractivity contribution in [3.8, 4) is 28.9 Å². The van der Waals surface area contributed by atoms with Gasteiger partial charge >= 0.3 is 5.69 Å². The number of H-pyrrole nitrogens is 1. The molecule has 32 heavy (non-hydrogen) atoms. The van der Waals surface area contributed by atoms with Crippen molar-refractivity contribution in [2.24, 2.45) is 0 Å². The summed E-state index contributed by atoms with van der Waals surface area (Å²) in [5.41, 5.74) is -1.77. The molecule has 2 aromatic carbocycles.